The molecule has 0 saturated carbocycles. The summed E-state index contributed by atoms with van der Waals surface area (Å²) in [5.74, 6) is -11.1. The third kappa shape index (κ3) is 2.74. The average molecular weight is 345 g/mol. The van der Waals surface area contributed by atoms with Crippen molar-refractivity contribution in [3.05, 3.63) is 0 Å². The molecule has 0 radical (unpaired) electrons. The summed E-state index contributed by atoms with van der Waals surface area (Å²) in [6.07, 6.45) is -6.24. The van der Waals surface area contributed by atoms with Crippen LogP contribution in [0.25, 0.3) is 0 Å². The third-order valence-corrected chi connectivity index (χ3v) is 2.96. The van der Waals surface area contributed by atoms with Crippen molar-refractivity contribution in [1.29, 1.82) is 0 Å². The number of hydrogen-bond donors (Lipinski definition) is 0. The molecule has 0 aliphatic carbocycles. The molecule has 0 heterocycles. The van der Waals surface area contributed by atoms with Crippen molar-refractivity contribution in [3.63, 3.8) is 0 Å². The Morgan fingerprint density at radius 2 is 1.31 bits per heavy atom. The van der Waals surface area contributed by atoms with E-state index in [0.29, 0.717) is 0 Å². The van der Waals surface area contributed by atoms with E-state index in [0.717, 1.165) is 0 Å². The molecule has 0 aliphatic rings. The van der Waals surface area contributed by atoms with Crippen LogP contribution in [0, 0.1) is 0 Å². The molecule has 0 amide bonds. The molecule has 0 spiro atoms. The summed E-state index contributed by atoms with van der Waals surface area (Å²) in [4.78, 5) is 0. The molecule has 0 unspecified atom stereocenters. The Balaban J connectivity index is 4.81. The molecule has 9 heteroatoms. The van der Waals surface area contributed by atoms with Crippen LogP contribution >= 0.6 is 8.91 Å². The van der Waals surface area contributed by atoms with Crippen molar-refractivity contribution in [2.75, 3.05) is 4.43 Å². The molecule has 0 saturated heterocycles. The predicted octanol–water partition coefficient (Wildman–Crippen LogP) is 0.0621. The Bertz CT molecular complexity index is 176. The standard InChI is InChI=1S/C4H2ClF7I/c5-13-1-2(6,7)3(8,9)4(10,11)12/h1H2/q-1. The quantitative estimate of drug-likeness (QED) is 0.386. The number of rotatable bonds is 3. The Labute approximate surface area is 82.4 Å². The third-order valence-electron chi connectivity index (χ3n) is 1.03. The Morgan fingerprint density at radius 3 is 1.54 bits per heavy atom. The molecule has 0 aromatic carbocycles. The first-order valence-corrected chi connectivity index (χ1v) is 6.84. The van der Waals surface area contributed by atoms with Gasteiger partial charge in [-0.05, 0) is 0 Å². The van der Waals surface area contributed by atoms with Gasteiger partial charge in [-0.1, -0.05) is 0 Å². The van der Waals surface area contributed by atoms with Gasteiger partial charge in [-0.2, -0.15) is 0 Å². The van der Waals surface area contributed by atoms with E-state index in [1.165, 1.54) is 0 Å². The van der Waals surface area contributed by atoms with Crippen molar-refractivity contribution in [1.82, 2.24) is 0 Å². The van der Waals surface area contributed by atoms with Crippen molar-refractivity contribution in [3.8, 4) is 0 Å². The minimum atomic E-state index is -6.24. The first-order valence-electron chi connectivity index (χ1n) is 2.59. The van der Waals surface area contributed by atoms with Gasteiger partial charge in [0.15, 0.2) is 0 Å². The van der Waals surface area contributed by atoms with Crippen LogP contribution in [0.2, 0.25) is 0 Å². The molecule has 82 valence electrons. The van der Waals surface area contributed by atoms with E-state index in [1.54, 1.807) is 0 Å². The van der Waals surface area contributed by atoms with Gasteiger partial charge in [-0.15, -0.1) is 0 Å². The number of hydrogen-bond acceptors (Lipinski definition) is 0. The van der Waals surface area contributed by atoms with Crippen LogP contribution in [0.15, 0.2) is 0 Å². The van der Waals surface area contributed by atoms with Gasteiger partial charge in [0.2, 0.25) is 0 Å². The van der Waals surface area contributed by atoms with Crippen LogP contribution in [0.3, 0.4) is 0 Å². The van der Waals surface area contributed by atoms with Crippen molar-refractivity contribution >= 4 is 8.91 Å². The summed E-state index contributed by atoms with van der Waals surface area (Å²) in [6, 6.07) is 0. The first-order chi connectivity index (χ1) is 5.56. The monoisotopic (exact) mass is 345 g/mol. The van der Waals surface area contributed by atoms with E-state index in [2.05, 4.69) is 0 Å². The maximum atomic E-state index is 12.2. The summed E-state index contributed by atoms with van der Waals surface area (Å²) in [7, 11) is 4.77. The summed E-state index contributed by atoms with van der Waals surface area (Å²) >= 11 is -1.85. The van der Waals surface area contributed by atoms with Crippen LogP contribution in [-0.4, -0.2) is 22.4 Å². The van der Waals surface area contributed by atoms with Crippen LogP contribution in [0.1, 0.15) is 0 Å². The molecule has 0 bridgehead atoms. The molecular weight excluding hydrogens is 343 g/mol. The molecule has 0 aromatic heterocycles. The predicted molar refractivity (Wildman–Crippen MR) is 26.7 cm³/mol. The number of halogens is 9. The second-order valence-electron chi connectivity index (χ2n) is 2.01. The molecule has 0 atom stereocenters. The fourth-order valence-electron chi connectivity index (χ4n) is 0.355. The molecule has 0 N–H and O–H groups in total. The van der Waals surface area contributed by atoms with Crippen molar-refractivity contribution < 1.29 is 50.8 Å². The minimum absolute atomic E-state index is 1.61. The van der Waals surface area contributed by atoms with Gasteiger partial charge >= 0.3 is 82.2 Å². The summed E-state index contributed by atoms with van der Waals surface area (Å²) < 4.78 is 80.9. The van der Waals surface area contributed by atoms with Gasteiger partial charge in [0.05, 0.1) is 0 Å². The van der Waals surface area contributed by atoms with E-state index in [-0.39, 0.29) is 0 Å². The average Bonchev–Trinajstić information content (AvgIpc) is 1.84. The van der Waals surface area contributed by atoms with Gasteiger partial charge in [0.1, 0.15) is 0 Å². The second-order valence-corrected chi connectivity index (χ2v) is 4.71. The normalized spacial score (nSPS) is 15.1. The van der Waals surface area contributed by atoms with Crippen molar-refractivity contribution in [2.45, 2.75) is 18.0 Å². The van der Waals surface area contributed by atoms with E-state index < -0.39 is 42.5 Å². The van der Waals surface area contributed by atoms with E-state index in [4.69, 9.17) is 8.91 Å². The molecule has 0 nitrogen and oxygen atoms in total. The zero-order chi connectivity index (χ0) is 10.9. The summed E-state index contributed by atoms with van der Waals surface area (Å²) in [6.45, 7) is 0. The fraction of sp³-hybridized carbons (Fsp3) is 1.00. The summed E-state index contributed by atoms with van der Waals surface area (Å²) in [5.41, 5.74) is 0. The van der Waals surface area contributed by atoms with Gasteiger partial charge in [0, 0.05) is 0 Å². The van der Waals surface area contributed by atoms with Gasteiger partial charge in [-0.25, -0.2) is 0 Å². The first kappa shape index (κ1) is 13.5. The zero-order valence-electron chi connectivity index (χ0n) is 5.61. The van der Waals surface area contributed by atoms with Gasteiger partial charge in [-0.3, -0.25) is 0 Å². The Morgan fingerprint density at radius 1 is 0.923 bits per heavy atom. The molecule has 0 aliphatic heterocycles. The van der Waals surface area contributed by atoms with Crippen LogP contribution in [0.4, 0.5) is 30.7 Å². The number of alkyl halides is 8. The van der Waals surface area contributed by atoms with Gasteiger partial charge in [0.25, 0.3) is 0 Å². The van der Waals surface area contributed by atoms with Gasteiger partial charge < -0.3 is 0 Å². The summed E-state index contributed by atoms with van der Waals surface area (Å²) in [5, 5.41) is 0. The molecule has 0 rings (SSSR count). The fourth-order valence-corrected chi connectivity index (χ4v) is 2.05. The Kier molecular flexibility index (Phi) is 4.11. The van der Waals surface area contributed by atoms with Crippen LogP contribution in [0.5, 0.6) is 0 Å². The molecule has 0 fully saturated rings. The van der Waals surface area contributed by atoms with E-state index in [1.807, 2.05) is 0 Å². The molecular formula is C4H2ClF7I-. The molecule has 13 heavy (non-hydrogen) atoms. The second kappa shape index (κ2) is 3.95. The topological polar surface area (TPSA) is 0 Å². The van der Waals surface area contributed by atoms with Crippen molar-refractivity contribution in [2.24, 2.45) is 0 Å². The van der Waals surface area contributed by atoms with Crippen LogP contribution < -0.4 is 20.1 Å². The van der Waals surface area contributed by atoms with E-state index in [9.17, 15) is 30.7 Å². The van der Waals surface area contributed by atoms with E-state index >= 15 is 0 Å². The Hall–Kier alpha value is 0.530. The zero-order valence-corrected chi connectivity index (χ0v) is 8.52. The van der Waals surface area contributed by atoms with Crippen LogP contribution in [-0.2, 0) is 0 Å². The molecule has 0 aromatic rings. The SMILES string of the molecule is FC(F)(F)C(F)(F)C(F)(F)C[I-]Cl. The maximum absolute atomic E-state index is 12.2.